The van der Waals surface area contributed by atoms with E-state index in [0.29, 0.717) is 6.10 Å². The molecule has 0 aromatic heterocycles. The van der Waals surface area contributed by atoms with Crippen molar-refractivity contribution in [3.05, 3.63) is 24.3 Å². The van der Waals surface area contributed by atoms with Crippen LogP contribution in [0.3, 0.4) is 0 Å². The molecule has 0 spiro atoms. The molecule has 126 valence electrons. The van der Waals surface area contributed by atoms with Crippen LogP contribution in [0.25, 0.3) is 0 Å². The molecule has 1 aromatic carbocycles. The zero-order valence-corrected chi connectivity index (χ0v) is 14.8. The third kappa shape index (κ3) is 8.31. The Morgan fingerprint density at radius 1 is 0.727 bits per heavy atom. The summed E-state index contributed by atoms with van der Waals surface area (Å²) in [5, 5.41) is 0. The number of benzene rings is 1. The highest BCUT2D eigenvalue weighted by Crippen LogP contribution is 2.20. The van der Waals surface area contributed by atoms with Crippen LogP contribution < -0.4 is 9.47 Å². The van der Waals surface area contributed by atoms with Gasteiger partial charge in [-0.3, -0.25) is 0 Å². The summed E-state index contributed by atoms with van der Waals surface area (Å²) in [6.45, 7) is 7.40. The Morgan fingerprint density at radius 2 is 1.27 bits per heavy atom. The fraction of sp³-hybridized carbons (Fsp3) is 0.700. The summed E-state index contributed by atoms with van der Waals surface area (Å²) in [7, 11) is 0. The number of rotatable bonds is 13. The number of unbranched alkanes of at least 4 members (excludes halogenated alkanes) is 6. The van der Waals surface area contributed by atoms with Gasteiger partial charge in [0.25, 0.3) is 0 Å². The maximum absolute atomic E-state index is 5.90. The van der Waals surface area contributed by atoms with Gasteiger partial charge in [-0.05, 0) is 43.5 Å². The van der Waals surface area contributed by atoms with Crippen LogP contribution >= 0.6 is 0 Å². The molecule has 1 rings (SSSR count). The van der Waals surface area contributed by atoms with Crippen LogP contribution in [0, 0.1) is 0 Å². The second-order valence-corrected chi connectivity index (χ2v) is 6.00. The lowest BCUT2D eigenvalue weighted by Gasteiger charge is -2.15. The molecule has 0 heterocycles. The molecule has 0 amide bonds. The highest BCUT2D eigenvalue weighted by atomic mass is 16.5. The van der Waals surface area contributed by atoms with Crippen LogP contribution in [0.4, 0.5) is 0 Å². The largest absolute Gasteiger partial charge is 0.494 e. The molecule has 0 atom stereocenters. The van der Waals surface area contributed by atoms with E-state index in [9.17, 15) is 0 Å². The Labute approximate surface area is 137 Å². The van der Waals surface area contributed by atoms with E-state index in [1.807, 2.05) is 24.3 Å². The van der Waals surface area contributed by atoms with Gasteiger partial charge in [-0.15, -0.1) is 0 Å². The molecule has 0 aliphatic heterocycles. The molecule has 0 aliphatic rings. The number of hydrogen-bond donors (Lipinski definition) is 0. The first-order chi connectivity index (χ1) is 10.8. The van der Waals surface area contributed by atoms with Crippen LogP contribution in [0.2, 0.25) is 0 Å². The molecule has 0 N–H and O–H groups in total. The minimum absolute atomic E-state index is 0.319. The minimum atomic E-state index is 0.319. The van der Waals surface area contributed by atoms with Crippen molar-refractivity contribution in [3.63, 3.8) is 0 Å². The molecule has 0 radical (unpaired) electrons. The molecule has 22 heavy (non-hydrogen) atoms. The van der Waals surface area contributed by atoms with E-state index in [0.717, 1.165) is 37.4 Å². The average Bonchev–Trinajstić information content (AvgIpc) is 2.56. The molecule has 0 fully saturated rings. The van der Waals surface area contributed by atoms with Crippen molar-refractivity contribution in [2.24, 2.45) is 0 Å². The second kappa shape index (κ2) is 12.4. The highest BCUT2D eigenvalue weighted by Gasteiger charge is 2.05. The summed E-state index contributed by atoms with van der Waals surface area (Å²) in [5.74, 6) is 1.89. The summed E-state index contributed by atoms with van der Waals surface area (Å²) < 4.78 is 11.7. The lowest BCUT2D eigenvalue weighted by atomic mass is 10.1. The normalized spacial score (nSPS) is 10.9. The summed E-state index contributed by atoms with van der Waals surface area (Å²) in [4.78, 5) is 0. The maximum Gasteiger partial charge on any atom is 0.119 e. The highest BCUT2D eigenvalue weighted by molar-refractivity contribution is 5.31. The third-order valence-corrected chi connectivity index (χ3v) is 4.05. The SMILES string of the molecule is CCCCCCCCCOc1ccc(OC(CC)CC)cc1. The first-order valence-electron chi connectivity index (χ1n) is 9.19. The zero-order valence-electron chi connectivity index (χ0n) is 14.8. The predicted octanol–water partition coefficient (Wildman–Crippen LogP) is 6.38. The molecule has 2 nitrogen and oxygen atoms in total. The smallest absolute Gasteiger partial charge is 0.119 e. The Morgan fingerprint density at radius 3 is 1.86 bits per heavy atom. The standard InChI is InChI=1S/C20H34O2/c1-4-7-8-9-10-11-12-17-21-19-13-15-20(16-14-19)22-18(5-2)6-3/h13-16,18H,4-12,17H2,1-3H3. The van der Waals surface area contributed by atoms with Crippen molar-refractivity contribution in [2.75, 3.05) is 6.61 Å². The van der Waals surface area contributed by atoms with Crippen LogP contribution in [0.15, 0.2) is 24.3 Å². The molecular weight excluding hydrogens is 272 g/mol. The molecule has 1 aromatic rings. The fourth-order valence-electron chi connectivity index (χ4n) is 2.51. The molecule has 0 bridgehead atoms. The minimum Gasteiger partial charge on any atom is -0.494 e. The van der Waals surface area contributed by atoms with E-state index in [4.69, 9.17) is 9.47 Å². The monoisotopic (exact) mass is 306 g/mol. The van der Waals surface area contributed by atoms with Crippen molar-refractivity contribution in [3.8, 4) is 11.5 Å². The lowest BCUT2D eigenvalue weighted by Crippen LogP contribution is -2.13. The topological polar surface area (TPSA) is 18.5 Å². The van der Waals surface area contributed by atoms with Crippen molar-refractivity contribution in [1.29, 1.82) is 0 Å². The average molecular weight is 306 g/mol. The fourth-order valence-corrected chi connectivity index (χ4v) is 2.51. The van der Waals surface area contributed by atoms with Gasteiger partial charge < -0.3 is 9.47 Å². The van der Waals surface area contributed by atoms with Gasteiger partial charge in [-0.2, -0.15) is 0 Å². The van der Waals surface area contributed by atoms with Crippen molar-refractivity contribution in [2.45, 2.75) is 84.7 Å². The summed E-state index contributed by atoms with van der Waals surface area (Å²) in [6, 6.07) is 8.05. The van der Waals surface area contributed by atoms with E-state index < -0.39 is 0 Å². The van der Waals surface area contributed by atoms with Gasteiger partial charge in [0.2, 0.25) is 0 Å². The Bertz CT molecular complexity index is 354. The second-order valence-electron chi connectivity index (χ2n) is 6.00. The Kier molecular flexibility index (Phi) is 10.6. The number of hydrogen-bond acceptors (Lipinski definition) is 2. The van der Waals surface area contributed by atoms with Gasteiger partial charge >= 0.3 is 0 Å². The van der Waals surface area contributed by atoms with Gasteiger partial charge in [0, 0.05) is 0 Å². The molecule has 0 saturated heterocycles. The van der Waals surface area contributed by atoms with Crippen LogP contribution in [-0.2, 0) is 0 Å². The van der Waals surface area contributed by atoms with Gasteiger partial charge in [0.15, 0.2) is 0 Å². The quantitative estimate of drug-likeness (QED) is 0.393. The molecule has 2 heteroatoms. The Hall–Kier alpha value is -1.18. The van der Waals surface area contributed by atoms with Gasteiger partial charge in [-0.1, -0.05) is 59.3 Å². The summed E-state index contributed by atoms with van der Waals surface area (Å²) in [5.41, 5.74) is 0. The Balaban J connectivity index is 2.14. The van der Waals surface area contributed by atoms with E-state index in [2.05, 4.69) is 20.8 Å². The van der Waals surface area contributed by atoms with Gasteiger partial charge in [0.1, 0.15) is 11.5 Å². The van der Waals surface area contributed by atoms with Gasteiger partial charge in [-0.25, -0.2) is 0 Å². The van der Waals surface area contributed by atoms with Crippen LogP contribution in [0.5, 0.6) is 11.5 Å². The van der Waals surface area contributed by atoms with E-state index in [-0.39, 0.29) is 0 Å². The van der Waals surface area contributed by atoms with Gasteiger partial charge in [0.05, 0.1) is 12.7 Å². The molecule has 0 saturated carbocycles. The van der Waals surface area contributed by atoms with Crippen molar-refractivity contribution in [1.82, 2.24) is 0 Å². The van der Waals surface area contributed by atoms with Crippen LogP contribution in [0.1, 0.15) is 78.6 Å². The number of ether oxygens (including phenoxy) is 2. The lowest BCUT2D eigenvalue weighted by molar-refractivity contribution is 0.192. The zero-order chi connectivity index (χ0) is 16.0. The van der Waals surface area contributed by atoms with Crippen molar-refractivity contribution < 1.29 is 9.47 Å². The van der Waals surface area contributed by atoms with Crippen molar-refractivity contribution >= 4 is 0 Å². The molecule has 0 aliphatic carbocycles. The predicted molar refractivity (Wildman–Crippen MR) is 94.9 cm³/mol. The van der Waals surface area contributed by atoms with E-state index in [1.165, 1.54) is 38.5 Å². The molecule has 0 unspecified atom stereocenters. The first kappa shape index (κ1) is 18.9. The summed E-state index contributed by atoms with van der Waals surface area (Å²) >= 11 is 0. The van der Waals surface area contributed by atoms with Crippen LogP contribution in [-0.4, -0.2) is 12.7 Å². The van der Waals surface area contributed by atoms with E-state index >= 15 is 0 Å². The summed E-state index contributed by atoms with van der Waals surface area (Å²) in [6.07, 6.45) is 11.6. The first-order valence-corrected chi connectivity index (χ1v) is 9.19. The maximum atomic E-state index is 5.90. The molecular formula is C20H34O2. The van der Waals surface area contributed by atoms with E-state index in [1.54, 1.807) is 0 Å². The third-order valence-electron chi connectivity index (χ3n) is 4.05.